The van der Waals surface area contributed by atoms with Gasteiger partial charge in [-0.1, -0.05) is 11.6 Å². The lowest BCUT2D eigenvalue weighted by Crippen LogP contribution is -2.34. The molecule has 0 aromatic carbocycles. The van der Waals surface area contributed by atoms with E-state index in [1.807, 2.05) is 0 Å². The van der Waals surface area contributed by atoms with E-state index in [2.05, 4.69) is 15.3 Å². The van der Waals surface area contributed by atoms with Crippen molar-refractivity contribution in [2.75, 3.05) is 26.2 Å². The van der Waals surface area contributed by atoms with Crippen molar-refractivity contribution < 1.29 is 18.0 Å². The highest BCUT2D eigenvalue weighted by atomic mass is 35.5. The van der Waals surface area contributed by atoms with Crippen LogP contribution in [0.2, 0.25) is 5.15 Å². The monoisotopic (exact) mass is 322 g/mol. The summed E-state index contributed by atoms with van der Waals surface area (Å²) < 4.78 is 36.8. The molecular weight excluding hydrogens is 309 g/mol. The molecule has 1 aromatic heterocycles. The van der Waals surface area contributed by atoms with E-state index in [0.717, 1.165) is 0 Å². The van der Waals surface area contributed by atoms with Gasteiger partial charge in [-0.05, 0) is 18.9 Å². The molecule has 0 aliphatic carbocycles. The summed E-state index contributed by atoms with van der Waals surface area (Å²) in [5.74, 6) is -0.398. The van der Waals surface area contributed by atoms with Crippen molar-refractivity contribution in [2.24, 2.45) is 5.92 Å². The normalized spacial score (nSPS) is 19.7. The molecule has 116 valence electrons. The van der Waals surface area contributed by atoms with Crippen LogP contribution in [0.1, 0.15) is 16.9 Å². The lowest BCUT2D eigenvalue weighted by Gasteiger charge is -2.17. The molecule has 1 amide bonds. The Morgan fingerprint density at radius 2 is 2.19 bits per heavy atom. The average Bonchev–Trinajstić information content (AvgIpc) is 2.82. The first-order valence-corrected chi connectivity index (χ1v) is 6.76. The number of nitrogens with one attached hydrogen (secondary N) is 1. The molecule has 1 aliphatic heterocycles. The van der Waals surface area contributed by atoms with Crippen LogP contribution in [0, 0.1) is 5.92 Å². The molecule has 1 fully saturated rings. The van der Waals surface area contributed by atoms with Crippen molar-refractivity contribution in [3.63, 3.8) is 0 Å². The summed E-state index contributed by atoms with van der Waals surface area (Å²) in [5, 5.41) is 2.84. The third-order valence-corrected chi connectivity index (χ3v) is 3.37. The number of aromatic nitrogens is 2. The van der Waals surface area contributed by atoms with E-state index >= 15 is 0 Å². The number of amides is 1. The summed E-state index contributed by atoms with van der Waals surface area (Å²) in [6.07, 6.45) is -1.04. The van der Waals surface area contributed by atoms with E-state index in [1.54, 1.807) is 0 Å². The van der Waals surface area contributed by atoms with Gasteiger partial charge in [0.1, 0.15) is 10.8 Å². The Kier molecular flexibility index (Phi) is 5.00. The van der Waals surface area contributed by atoms with Gasteiger partial charge in [0.15, 0.2) is 0 Å². The minimum Gasteiger partial charge on any atom is -0.350 e. The van der Waals surface area contributed by atoms with Gasteiger partial charge in [0.05, 0.1) is 18.9 Å². The lowest BCUT2D eigenvalue weighted by molar-refractivity contribution is -0.143. The predicted molar refractivity (Wildman–Crippen MR) is 70.0 cm³/mol. The fraction of sp³-hybridized carbons (Fsp3) is 0.583. The van der Waals surface area contributed by atoms with E-state index in [9.17, 15) is 18.0 Å². The predicted octanol–water partition coefficient (Wildman–Crippen LogP) is 1.74. The topological polar surface area (TPSA) is 58.1 Å². The van der Waals surface area contributed by atoms with Gasteiger partial charge in [-0.2, -0.15) is 13.2 Å². The second kappa shape index (κ2) is 6.57. The minimum absolute atomic E-state index is 0.0107. The summed E-state index contributed by atoms with van der Waals surface area (Å²) in [5.41, 5.74) is 0.129. The minimum atomic E-state index is -4.18. The molecule has 0 bridgehead atoms. The fourth-order valence-corrected chi connectivity index (χ4v) is 2.33. The first-order valence-electron chi connectivity index (χ1n) is 6.38. The first-order chi connectivity index (χ1) is 9.83. The zero-order chi connectivity index (χ0) is 15.5. The molecule has 1 aliphatic rings. The van der Waals surface area contributed by atoms with Crippen LogP contribution in [0.15, 0.2) is 12.4 Å². The molecule has 0 saturated carbocycles. The summed E-state index contributed by atoms with van der Waals surface area (Å²) in [6.45, 7) is 0.129. The molecule has 1 atom stereocenters. The van der Waals surface area contributed by atoms with Gasteiger partial charge in [0.25, 0.3) is 5.91 Å². The van der Waals surface area contributed by atoms with E-state index in [4.69, 9.17) is 11.6 Å². The zero-order valence-electron chi connectivity index (χ0n) is 11.0. The highest BCUT2D eigenvalue weighted by Crippen LogP contribution is 2.22. The molecular formula is C12H14ClF3N4O. The van der Waals surface area contributed by atoms with Gasteiger partial charge in [-0.25, -0.2) is 9.97 Å². The average molecular weight is 323 g/mol. The van der Waals surface area contributed by atoms with Gasteiger partial charge in [-0.15, -0.1) is 0 Å². The number of halogens is 4. The maximum atomic E-state index is 12.3. The largest absolute Gasteiger partial charge is 0.401 e. The summed E-state index contributed by atoms with van der Waals surface area (Å²) >= 11 is 5.56. The Labute approximate surface area is 124 Å². The second-order valence-electron chi connectivity index (χ2n) is 4.94. The fourth-order valence-electron chi connectivity index (χ4n) is 2.23. The van der Waals surface area contributed by atoms with Crippen molar-refractivity contribution in [1.29, 1.82) is 0 Å². The molecule has 1 unspecified atom stereocenters. The maximum Gasteiger partial charge on any atom is 0.401 e. The van der Waals surface area contributed by atoms with E-state index in [0.29, 0.717) is 26.1 Å². The van der Waals surface area contributed by atoms with Gasteiger partial charge >= 0.3 is 6.18 Å². The number of rotatable bonds is 4. The highest BCUT2D eigenvalue weighted by Gasteiger charge is 2.34. The second-order valence-corrected chi connectivity index (χ2v) is 5.33. The Morgan fingerprint density at radius 3 is 2.81 bits per heavy atom. The number of carbonyl (C=O) groups is 1. The smallest absolute Gasteiger partial charge is 0.350 e. The van der Waals surface area contributed by atoms with Crippen molar-refractivity contribution in [2.45, 2.75) is 12.6 Å². The summed E-state index contributed by atoms with van der Waals surface area (Å²) in [7, 11) is 0. The molecule has 9 heteroatoms. The molecule has 2 rings (SSSR count). The van der Waals surface area contributed by atoms with E-state index in [-0.39, 0.29) is 16.8 Å². The van der Waals surface area contributed by atoms with Crippen LogP contribution in [-0.2, 0) is 0 Å². The van der Waals surface area contributed by atoms with Crippen molar-refractivity contribution in [1.82, 2.24) is 20.2 Å². The molecule has 1 saturated heterocycles. The van der Waals surface area contributed by atoms with Crippen LogP contribution in [0.4, 0.5) is 13.2 Å². The van der Waals surface area contributed by atoms with Crippen LogP contribution < -0.4 is 5.32 Å². The van der Waals surface area contributed by atoms with E-state index in [1.165, 1.54) is 17.3 Å². The van der Waals surface area contributed by atoms with Crippen LogP contribution in [0.25, 0.3) is 0 Å². The number of carbonyl (C=O) groups excluding carboxylic acids is 1. The molecule has 0 spiro atoms. The molecule has 1 aromatic rings. The summed E-state index contributed by atoms with van der Waals surface area (Å²) in [6, 6.07) is 0. The van der Waals surface area contributed by atoms with Crippen LogP contribution in [0.5, 0.6) is 0 Å². The quantitative estimate of drug-likeness (QED) is 0.917. The zero-order valence-corrected chi connectivity index (χ0v) is 11.8. The Morgan fingerprint density at radius 1 is 1.43 bits per heavy atom. The Hall–Kier alpha value is -1.41. The molecule has 5 nitrogen and oxygen atoms in total. The Bertz CT molecular complexity index is 494. The number of hydrogen-bond acceptors (Lipinski definition) is 4. The number of likely N-dealkylation sites (tertiary alicyclic amines) is 1. The van der Waals surface area contributed by atoms with Crippen LogP contribution in [0.3, 0.4) is 0 Å². The molecule has 21 heavy (non-hydrogen) atoms. The van der Waals surface area contributed by atoms with Gasteiger partial charge in [-0.3, -0.25) is 9.69 Å². The van der Waals surface area contributed by atoms with Gasteiger partial charge < -0.3 is 5.32 Å². The summed E-state index contributed by atoms with van der Waals surface area (Å²) in [4.78, 5) is 20.7. The third kappa shape index (κ3) is 5.13. The molecule has 2 heterocycles. The van der Waals surface area contributed by atoms with Gasteiger partial charge in [0.2, 0.25) is 0 Å². The lowest BCUT2D eigenvalue weighted by atomic mass is 10.1. The van der Waals surface area contributed by atoms with Crippen molar-refractivity contribution in [3.8, 4) is 0 Å². The number of alkyl halides is 3. The number of hydrogen-bond donors (Lipinski definition) is 1. The molecule has 1 N–H and O–H groups in total. The van der Waals surface area contributed by atoms with Crippen molar-refractivity contribution >= 4 is 17.5 Å². The van der Waals surface area contributed by atoms with E-state index < -0.39 is 18.6 Å². The highest BCUT2D eigenvalue weighted by molar-refractivity contribution is 6.29. The first kappa shape index (κ1) is 16.0. The molecule has 0 radical (unpaired) electrons. The van der Waals surface area contributed by atoms with Crippen LogP contribution in [-0.4, -0.2) is 53.1 Å². The number of nitrogens with zero attached hydrogens (tertiary/aromatic N) is 3. The van der Waals surface area contributed by atoms with Crippen molar-refractivity contribution in [3.05, 3.63) is 23.2 Å². The SMILES string of the molecule is O=C(NCC1CCN(CC(F)(F)F)C1)c1cnc(Cl)cn1. The maximum absolute atomic E-state index is 12.3. The van der Waals surface area contributed by atoms with Gasteiger partial charge in [0, 0.05) is 13.1 Å². The third-order valence-electron chi connectivity index (χ3n) is 3.18. The standard InChI is InChI=1S/C12H14ClF3N4O/c13-10-5-17-9(4-18-10)11(21)19-3-8-1-2-20(6-8)7-12(14,15)16/h4-5,8H,1-3,6-7H2,(H,19,21). The van der Waals surface area contributed by atoms with Crippen LogP contribution >= 0.6 is 11.6 Å². The Balaban J connectivity index is 1.76.